The number of β-amino-alcohol motifs (C(OH)–C–C–N with tert-alkyl or cyclic N) is 1. The first kappa shape index (κ1) is 12.3. The molecule has 5 heteroatoms. The van der Waals surface area contributed by atoms with Gasteiger partial charge in [-0.25, -0.2) is 8.78 Å². The molecule has 1 aromatic rings. The van der Waals surface area contributed by atoms with E-state index in [1.807, 2.05) is 0 Å². The van der Waals surface area contributed by atoms with Gasteiger partial charge in [-0.2, -0.15) is 0 Å². The first-order valence-corrected chi connectivity index (χ1v) is 5.49. The summed E-state index contributed by atoms with van der Waals surface area (Å²) >= 11 is 0. The molecule has 17 heavy (non-hydrogen) atoms. The summed E-state index contributed by atoms with van der Waals surface area (Å²) in [5.41, 5.74) is -0.830. The average molecular weight is 243 g/mol. The topological polar surface area (TPSA) is 43.7 Å². The van der Waals surface area contributed by atoms with E-state index in [1.165, 1.54) is 4.90 Å². The van der Waals surface area contributed by atoms with Crippen molar-refractivity contribution >= 4 is 5.69 Å². The van der Waals surface area contributed by atoms with Crippen molar-refractivity contribution in [3.05, 3.63) is 29.3 Å². The first-order valence-electron chi connectivity index (χ1n) is 5.49. The summed E-state index contributed by atoms with van der Waals surface area (Å²) < 4.78 is 27.5. The third-order valence-corrected chi connectivity index (χ3v) is 3.03. The van der Waals surface area contributed by atoms with E-state index in [4.69, 9.17) is 5.11 Å². The molecule has 2 rings (SSSR count). The molecule has 1 saturated heterocycles. The van der Waals surface area contributed by atoms with Gasteiger partial charge in [0.1, 0.15) is 17.3 Å². The molecule has 1 unspecified atom stereocenters. The summed E-state index contributed by atoms with van der Waals surface area (Å²) in [6.45, 7) is 1.87. The molecule has 1 atom stereocenters. The molecule has 1 aliphatic heterocycles. The van der Waals surface area contributed by atoms with Crippen LogP contribution < -0.4 is 4.90 Å². The van der Waals surface area contributed by atoms with Crippen LogP contribution in [-0.2, 0) is 6.61 Å². The van der Waals surface area contributed by atoms with Gasteiger partial charge in [0.15, 0.2) is 0 Å². The van der Waals surface area contributed by atoms with Crippen LogP contribution >= 0.6 is 0 Å². The molecule has 1 aliphatic rings. The highest BCUT2D eigenvalue weighted by molar-refractivity contribution is 5.52. The number of halogens is 2. The molecule has 0 aromatic heterocycles. The second-order valence-electron chi connectivity index (χ2n) is 4.73. The Kier molecular flexibility index (Phi) is 3.05. The summed E-state index contributed by atoms with van der Waals surface area (Å²) in [4.78, 5) is 1.49. The van der Waals surface area contributed by atoms with Gasteiger partial charge < -0.3 is 15.1 Å². The molecule has 0 amide bonds. The van der Waals surface area contributed by atoms with Crippen LogP contribution in [0, 0.1) is 11.6 Å². The number of aliphatic hydroxyl groups is 2. The predicted octanol–water partition coefficient (Wildman–Crippen LogP) is 1.42. The quantitative estimate of drug-likeness (QED) is 0.825. The zero-order valence-corrected chi connectivity index (χ0v) is 9.58. The van der Waals surface area contributed by atoms with Gasteiger partial charge in [-0.1, -0.05) is 0 Å². The third-order valence-electron chi connectivity index (χ3n) is 3.03. The minimum atomic E-state index is -0.908. The van der Waals surface area contributed by atoms with E-state index < -0.39 is 23.8 Å². The average Bonchev–Trinajstić information content (AvgIpc) is 2.57. The van der Waals surface area contributed by atoms with Gasteiger partial charge in [0, 0.05) is 13.1 Å². The van der Waals surface area contributed by atoms with Crippen LogP contribution in [0.5, 0.6) is 0 Å². The van der Waals surface area contributed by atoms with Gasteiger partial charge in [0.2, 0.25) is 0 Å². The van der Waals surface area contributed by atoms with Crippen LogP contribution in [0.25, 0.3) is 0 Å². The number of anilines is 1. The normalized spacial score (nSPS) is 24.4. The summed E-state index contributed by atoms with van der Waals surface area (Å²) in [5, 5.41) is 18.6. The van der Waals surface area contributed by atoms with Gasteiger partial charge >= 0.3 is 0 Å². The van der Waals surface area contributed by atoms with Crippen LogP contribution in [0.3, 0.4) is 0 Å². The predicted molar refractivity (Wildman–Crippen MR) is 59.7 cm³/mol. The molecule has 0 aliphatic carbocycles. The number of benzene rings is 1. The number of aliphatic hydroxyl groups excluding tert-OH is 1. The number of hydrogen-bond donors (Lipinski definition) is 2. The maximum Gasteiger partial charge on any atom is 0.149 e. The molecule has 0 radical (unpaired) electrons. The molecule has 0 spiro atoms. The molecule has 0 bridgehead atoms. The Labute approximate surface area is 98.3 Å². The number of rotatable bonds is 2. The van der Waals surface area contributed by atoms with E-state index in [0.29, 0.717) is 13.0 Å². The fraction of sp³-hybridized carbons (Fsp3) is 0.500. The highest BCUT2D eigenvalue weighted by atomic mass is 19.1. The van der Waals surface area contributed by atoms with Crippen molar-refractivity contribution in [2.24, 2.45) is 0 Å². The minimum absolute atomic E-state index is 0.125. The Bertz CT molecular complexity index is 412. The minimum Gasteiger partial charge on any atom is -0.392 e. The molecule has 94 valence electrons. The van der Waals surface area contributed by atoms with E-state index in [2.05, 4.69) is 0 Å². The van der Waals surface area contributed by atoms with E-state index in [9.17, 15) is 13.9 Å². The highest BCUT2D eigenvalue weighted by Crippen LogP contribution is 2.31. The van der Waals surface area contributed by atoms with Crippen molar-refractivity contribution in [2.45, 2.75) is 25.6 Å². The second kappa shape index (κ2) is 4.23. The van der Waals surface area contributed by atoms with Crippen LogP contribution in [-0.4, -0.2) is 28.9 Å². The van der Waals surface area contributed by atoms with Crippen molar-refractivity contribution in [2.75, 3.05) is 18.0 Å². The van der Waals surface area contributed by atoms with Gasteiger partial charge in [-0.3, -0.25) is 0 Å². The fourth-order valence-electron chi connectivity index (χ4n) is 2.15. The Hall–Kier alpha value is -1.20. The molecular formula is C12H15F2NO2. The zero-order chi connectivity index (χ0) is 12.6. The van der Waals surface area contributed by atoms with E-state index in [-0.39, 0.29) is 17.8 Å². The van der Waals surface area contributed by atoms with Gasteiger partial charge in [-0.05, 0) is 31.0 Å². The molecule has 3 nitrogen and oxygen atoms in total. The lowest BCUT2D eigenvalue weighted by atomic mass is 10.1. The van der Waals surface area contributed by atoms with Gasteiger partial charge in [0.25, 0.3) is 0 Å². The monoisotopic (exact) mass is 243 g/mol. The first-order chi connectivity index (χ1) is 7.93. The lowest BCUT2D eigenvalue weighted by Gasteiger charge is -2.22. The van der Waals surface area contributed by atoms with Crippen LogP contribution in [0.2, 0.25) is 0 Å². The lowest BCUT2D eigenvalue weighted by molar-refractivity contribution is 0.0839. The van der Waals surface area contributed by atoms with Crippen LogP contribution in [0.1, 0.15) is 18.9 Å². The van der Waals surface area contributed by atoms with Crippen LogP contribution in [0.4, 0.5) is 14.5 Å². The van der Waals surface area contributed by atoms with E-state index in [0.717, 1.165) is 12.1 Å². The third kappa shape index (κ3) is 2.40. The molecular weight excluding hydrogens is 228 g/mol. The molecule has 1 fully saturated rings. The molecule has 1 heterocycles. The Morgan fingerprint density at radius 3 is 2.35 bits per heavy atom. The summed E-state index contributed by atoms with van der Waals surface area (Å²) in [6, 6.07) is 2.23. The number of hydrogen-bond acceptors (Lipinski definition) is 3. The highest BCUT2D eigenvalue weighted by Gasteiger charge is 2.33. The van der Waals surface area contributed by atoms with Gasteiger partial charge in [-0.15, -0.1) is 0 Å². The van der Waals surface area contributed by atoms with Crippen LogP contribution in [0.15, 0.2) is 12.1 Å². The zero-order valence-electron chi connectivity index (χ0n) is 9.58. The molecule has 0 saturated carbocycles. The number of nitrogens with zero attached hydrogens (tertiary/aromatic N) is 1. The molecule has 1 aromatic carbocycles. The Morgan fingerprint density at radius 2 is 1.94 bits per heavy atom. The largest absolute Gasteiger partial charge is 0.392 e. The second-order valence-corrected chi connectivity index (χ2v) is 4.73. The van der Waals surface area contributed by atoms with Crippen molar-refractivity contribution in [3.63, 3.8) is 0 Å². The van der Waals surface area contributed by atoms with Crippen molar-refractivity contribution in [3.8, 4) is 0 Å². The lowest BCUT2D eigenvalue weighted by Crippen LogP contribution is -2.30. The summed E-state index contributed by atoms with van der Waals surface area (Å²) in [6.07, 6.45) is 0.480. The van der Waals surface area contributed by atoms with Crippen molar-refractivity contribution < 1.29 is 19.0 Å². The van der Waals surface area contributed by atoms with Crippen molar-refractivity contribution in [1.82, 2.24) is 0 Å². The maximum atomic E-state index is 13.7. The SMILES string of the molecule is CC1(O)CCN(c2c(F)cc(CO)cc2F)C1. The molecule has 2 N–H and O–H groups in total. The smallest absolute Gasteiger partial charge is 0.149 e. The Balaban J connectivity index is 2.34. The fourth-order valence-corrected chi connectivity index (χ4v) is 2.15. The van der Waals surface area contributed by atoms with E-state index in [1.54, 1.807) is 6.92 Å². The summed E-state index contributed by atoms with van der Waals surface area (Å²) in [5.74, 6) is -1.40. The standard InChI is InChI=1S/C12H15F2NO2/c1-12(17)2-3-15(7-12)11-9(13)4-8(6-16)5-10(11)14/h4-5,16-17H,2-3,6-7H2,1H3. The Morgan fingerprint density at radius 1 is 1.35 bits per heavy atom. The van der Waals surface area contributed by atoms with E-state index >= 15 is 0 Å². The van der Waals surface area contributed by atoms with Crippen molar-refractivity contribution in [1.29, 1.82) is 0 Å². The van der Waals surface area contributed by atoms with Gasteiger partial charge in [0.05, 0.1) is 12.2 Å². The summed E-state index contributed by atoms with van der Waals surface area (Å²) in [7, 11) is 0. The maximum absolute atomic E-state index is 13.7.